The van der Waals surface area contributed by atoms with Crippen LogP contribution in [-0.4, -0.2) is 48.6 Å². The van der Waals surface area contributed by atoms with Gasteiger partial charge >= 0.3 is 5.97 Å². The Hall–Kier alpha value is -0.220. The van der Waals surface area contributed by atoms with Gasteiger partial charge in [0.05, 0.1) is 12.4 Å². The molecule has 15 heavy (non-hydrogen) atoms. The second-order valence-electron chi connectivity index (χ2n) is 3.76. The largest absolute Gasteiger partial charge is 0.465 e. The van der Waals surface area contributed by atoms with E-state index in [1.54, 1.807) is 11.8 Å². The first-order valence-electron chi connectivity index (χ1n) is 5.78. The van der Waals surface area contributed by atoms with Crippen LogP contribution in [0.1, 0.15) is 26.2 Å². The predicted octanol–water partition coefficient (Wildman–Crippen LogP) is 1.77. The molecule has 0 spiro atoms. The number of hydrogen-bond donors (Lipinski definition) is 0. The van der Waals surface area contributed by atoms with Gasteiger partial charge in [-0.05, 0) is 32.9 Å². The van der Waals surface area contributed by atoms with Crippen LogP contribution in [0.2, 0.25) is 0 Å². The molecule has 0 N–H and O–H groups in total. The number of esters is 1. The van der Waals surface area contributed by atoms with Crippen LogP contribution in [0, 0.1) is 0 Å². The lowest BCUT2D eigenvalue weighted by Crippen LogP contribution is -2.31. The zero-order chi connectivity index (χ0) is 10.9. The van der Waals surface area contributed by atoms with Gasteiger partial charge in [0.25, 0.3) is 0 Å². The molecule has 3 nitrogen and oxygen atoms in total. The van der Waals surface area contributed by atoms with Crippen LogP contribution >= 0.6 is 11.8 Å². The number of nitrogens with zero attached hydrogens (tertiary/aromatic N) is 1. The van der Waals surface area contributed by atoms with Crippen molar-refractivity contribution in [3.63, 3.8) is 0 Å². The third-order valence-electron chi connectivity index (χ3n) is 2.53. The van der Waals surface area contributed by atoms with E-state index < -0.39 is 0 Å². The highest BCUT2D eigenvalue weighted by atomic mass is 32.2. The van der Waals surface area contributed by atoms with E-state index in [9.17, 15) is 4.79 Å². The molecule has 1 aliphatic rings. The summed E-state index contributed by atoms with van der Waals surface area (Å²) in [4.78, 5) is 13.5. The molecule has 0 aromatic carbocycles. The van der Waals surface area contributed by atoms with Gasteiger partial charge in [-0.1, -0.05) is 6.42 Å². The molecule has 0 bridgehead atoms. The fraction of sp³-hybridized carbons (Fsp3) is 0.909. The van der Waals surface area contributed by atoms with Gasteiger partial charge in [-0.25, -0.2) is 0 Å². The Labute approximate surface area is 96.5 Å². The van der Waals surface area contributed by atoms with Crippen molar-refractivity contribution >= 4 is 17.7 Å². The minimum Gasteiger partial charge on any atom is -0.465 e. The number of piperidine rings is 1. The van der Waals surface area contributed by atoms with Gasteiger partial charge in [0, 0.05) is 12.3 Å². The predicted molar refractivity (Wildman–Crippen MR) is 64.2 cm³/mol. The number of likely N-dealkylation sites (tertiary alicyclic amines) is 1. The monoisotopic (exact) mass is 231 g/mol. The molecule has 0 saturated carbocycles. The highest BCUT2D eigenvalue weighted by molar-refractivity contribution is 7.99. The highest BCUT2D eigenvalue weighted by Gasteiger charge is 2.09. The first-order chi connectivity index (χ1) is 7.33. The Morgan fingerprint density at radius 2 is 2.07 bits per heavy atom. The van der Waals surface area contributed by atoms with Crippen LogP contribution in [0.5, 0.6) is 0 Å². The zero-order valence-corrected chi connectivity index (χ0v) is 10.4. The smallest absolute Gasteiger partial charge is 0.315 e. The normalized spacial score (nSPS) is 17.7. The fourth-order valence-electron chi connectivity index (χ4n) is 1.73. The van der Waals surface area contributed by atoms with Gasteiger partial charge < -0.3 is 9.64 Å². The van der Waals surface area contributed by atoms with Crippen molar-refractivity contribution in [2.45, 2.75) is 26.2 Å². The first-order valence-corrected chi connectivity index (χ1v) is 6.94. The molecule has 0 aromatic heterocycles. The van der Waals surface area contributed by atoms with Gasteiger partial charge in [-0.3, -0.25) is 4.79 Å². The molecular weight excluding hydrogens is 210 g/mol. The summed E-state index contributed by atoms with van der Waals surface area (Å²) in [5, 5.41) is 0. The van der Waals surface area contributed by atoms with Crippen molar-refractivity contribution < 1.29 is 9.53 Å². The number of thioether (sulfide) groups is 1. The second-order valence-corrected chi connectivity index (χ2v) is 4.87. The van der Waals surface area contributed by atoms with Gasteiger partial charge in [0.15, 0.2) is 0 Å². The molecule has 1 rings (SSSR count). The van der Waals surface area contributed by atoms with Crippen molar-refractivity contribution in [3.8, 4) is 0 Å². The molecule has 0 aromatic rings. The Morgan fingerprint density at radius 3 is 2.73 bits per heavy atom. The van der Waals surface area contributed by atoms with E-state index in [2.05, 4.69) is 4.90 Å². The number of rotatable bonds is 6. The Morgan fingerprint density at radius 1 is 1.33 bits per heavy atom. The summed E-state index contributed by atoms with van der Waals surface area (Å²) >= 11 is 1.68. The van der Waals surface area contributed by atoms with E-state index in [0.717, 1.165) is 12.3 Å². The topological polar surface area (TPSA) is 29.5 Å². The summed E-state index contributed by atoms with van der Waals surface area (Å²) in [6, 6.07) is 0. The number of ether oxygens (including phenoxy) is 1. The molecule has 1 heterocycles. The maximum Gasteiger partial charge on any atom is 0.315 e. The first kappa shape index (κ1) is 12.8. The molecule has 0 unspecified atom stereocenters. The number of hydrogen-bond acceptors (Lipinski definition) is 4. The third-order valence-corrected chi connectivity index (χ3v) is 3.44. The van der Waals surface area contributed by atoms with Crippen molar-refractivity contribution in [2.24, 2.45) is 0 Å². The average molecular weight is 231 g/mol. The van der Waals surface area contributed by atoms with Crippen molar-refractivity contribution in [1.82, 2.24) is 4.90 Å². The number of carbonyl (C=O) groups is 1. The van der Waals surface area contributed by atoms with Gasteiger partial charge in [0.1, 0.15) is 0 Å². The van der Waals surface area contributed by atoms with E-state index in [0.29, 0.717) is 12.4 Å². The molecular formula is C11H21NO2S. The average Bonchev–Trinajstić information content (AvgIpc) is 2.26. The van der Waals surface area contributed by atoms with Gasteiger partial charge in [0.2, 0.25) is 0 Å². The van der Waals surface area contributed by atoms with Crippen LogP contribution in [-0.2, 0) is 9.53 Å². The summed E-state index contributed by atoms with van der Waals surface area (Å²) in [7, 11) is 0. The van der Waals surface area contributed by atoms with Gasteiger partial charge in [-0.2, -0.15) is 0 Å². The summed E-state index contributed by atoms with van der Waals surface area (Å²) in [5.74, 6) is 1.46. The Balaban J connectivity index is 1.93. The molecule has 1 saturated heterocycles. The number of carbonyl (C=O) groups excluding carboxylic acids is 1. The Bertz CT molecular complexity index is 181. The third kappa shape index (κ3) is 6.05. The lowest BCUT2D eigenvalue weighted by atomic mass is 10.1. The van der Waals surface area contributed by atoms with Crippen molar-refractivity contribution in [1.29, 1.82) is 0 Å². The molecule has 0 aliphatic carbocycles. The van der Waals surface area contributed by atoms with E-state index in [1.807, 2.05) is 6.92 Å². The van der Waals surface area contributed by atoms with E-state index in [-0.39, 0.29) is 5.97 Å². The zero-order valence-electron chi connectivity index (χ0n) is 9.54. The van der Waals surface area contributed by atoms with Gasteiger partial charge in [-0.15, -0.1) is 11.8 Å². The van der Waals surface area contributed by atoms with Crippen LogP contribution in [0.3, 0.4) is 0 Å². The van der Waals surface area contributed by atoms with Crippen molar-refractivity contribution in [3.05, 3.63) is 0 Å². The van der Waals surface area contributed by atoms with E-state index in [4.69, 9.17) is 4.74 Å². The van der Waals surface area contributed by atoms with Crippen LogP contribution in [0.15, 0.2) is 0 Å². The van der Waals surface area contributed by atoms with E-state index >= 15 is 0 Å². The standard InChI is InChI=1S/C11H21NO2S/c1-2-14-11(13)10-15-9-8-12-6-4-3-5-7-12/h2-10H2,1H3. The van der Waals surface area contributed by atoms with E-state index in [1.165, 1.54) is 32.4 Å². The van der Waals surface area contributed by atoms with Crippen molar-refractivity contribution in [2.75, 3.05) is 37.7 Å². The van der Waals surface area contributed by atoms with Crippen LogP contribution in [0.4, 0.5) is 0 Å². The molecule has 1 aliphatic heterocycles. The fourth-order valence-corrected chi connectivity index (χ4v) is 2.52. The summed E-state index contributed by atoms with van der Waals surface area (Å²) in [6.45, 7) is 5.92. The Kier molecular flexibility index (Phi) is 6.85. The summed E-state index contributed by atoms with van der Waals surface area (Å²) in [6.07, 6.45) is 4.05. The van der Waals surface area contributed by atoms with Crippen LogP contribution in [0.25, 0.3) is 0 Å². The lowest BCUT2D eigenvalue weighted by molar-refractivity contribution is -0.139. The quantitative estimate of drug-likeness (QED) is 0.515. The SMILES string of the molecule is CCOC(=O)CSCCN1CCCCC1. The minimum absolute atomic E-state index is 0.0823. The molecule has 0 amide bonds. The molecule has 0 atom stereocenters. The molecule has 0 radical (unpaired) electrons. The highest BCUT2D eigenvalue weighted by Crippen LogP contribution is 2.10. The van der Waals surface area contributed by atoms with Crippen LogP contribution < -0.4 is 0 Å². The molecule has 4 heteroatoms. The summed E-state index contributed by atoms with van der Waals surface area (Å²) < 4.78 is 4.86. The lowest BCUT2D eigenvalue weighted by Gasteiger charge is -2.25. The molecule has 88 valence electrons. The molecule has 1 fully saturated rings. The minimum atomic E-state index is -0.0823. The maximum atomic E-state index is 11.0. The summed E-state index contributed by atoms with van der Waals surface area (Å²) in [5.41, 5.74) is 0. The second kappa shape index (κ2) is 7.99. The maximum absolute atomic E-state index is 11.0.